The summed E-state index contributed by atoms with van der Waals surface area (Å²) in [4.78, 5) is 12.8. The number of ether oxygens (including phenoxy) is 1. The lowest BCUT2D eigenvalue weighted by Gasteiger charge is -2.33. The highest BCUT2D eigenvalue weighted by atomic mass is 16.6. The van der Waals surface area contributed by atoms with Crippen LogP contribution in [0.1, 0.15) is 87.5 Å². The van der Waals surface area contributed by atoms with E-state index < -0.39 is 0 Å². The Hall–Kier alpha value is -0.530. The summed E-state index contributed by atoms with van der Waals surface area (Å²) in [6.45, 7) is 17.3. The highest BCUT2D eigenvalue weighted by molar-refractivity contribution is 5.82. The Balaban J connectivity index is 2.96. The zero-order chi connectivity index (χ0) is 15.8. The fourth-order valence-electron chi connectivity index (χ4n) is 3.11. The molecule has 20 heavy (non-hydrogen) atoms. The summed E-state index contributed by atoms with van der Waals surface area (Å²) in [5, 5.41) is 0. The quantitative estimate of drug-likeness (QED) is 0.588. The molecule has 2 atom stereocenters. The van der Waals surface area contributed by atoms with Crippen molar-refractivity contribution in [3.8, 4) is 0 Å². The van der Waals surface area contributed by atoms with Gasteiger partial charge in [-0.3, -0.25) is 4.79 Å². The lowest BCUT2D eigenvalue weighted by atomic mass is 9.75. The third kappa shape index (κ3) is 3.20. The van der Waals surface area contributed by atoms with Crippen LogP contribution in [-0.2, 0) is 9.53 Å². The van der Waals surface area contributed by atoms with Crippen LogP contribution in [0.5, 0.6) is 0 Å². The lowest BCUT2D eigenvalue weighted by Crippen LogP contribution is -2.36. The monoisotopic (exact) mass is 282 g/mol. The van der Waals surface area contributed by atoms with Gasteiger partial charge in [-0.05, 0) is 50.4 Å². The number of hydrogen-bond acceptors (Lipinski definition) is 2. The Labute approximate surface area is 125 Å². The van der Waals surface area contributed by atoms with E-state index in [1.165, 1.54) is 0 Å². The maximum Gasteiger partial charge on any atom is 0.313 e. The van der Waals surface area contributed by atoms with Crippen LogP contribution in [0.15, 0.2) is 0 Å². The van der Waals surface area contributed by atoms with E-state index in [9.17, 15) is 4.79 Å². The Morgan fingerprint density at radius 3 is 2.00 bits per heavy atom. The van der Waals surface area contributed by atoms with Crippen molar-refractivity contribution in [2.45, 2.75) is 93.1 Å². The zero-order valence-electron chi connectivity index (χ0n) is 14.9. The van der Waals surface area contributed by atoms with Gasteiger partial charge >= 0.3 is 5.97 Å². The molecule has 1 fully saturated rings. The van der Waals surface area contributed by atoms with Crippen LogP contribution in [0, 0.1) is 16.2 Å². The van der Waals surface area contributed by atoms with Crippen molar-refractivity contribution < 1.29 is 9.53 Å². The van der Waals surface area contributed by atoms with Crippen molar-refractivity contribution >= 4 is 5.97 Å². The van der Waals surface area contributed by atoms with Crippen molar-refractivity contribution in [1.82, 2.24) is 0 Å². The molecule has 1 saturated carbocycles. The molecule has 0 amide bonds. The van der Waals surface area contributed by atoms with Gasteiger partial charge in [0.15, 0.2) is 0 Å². The molecule has 1 aliphatic rings. The summed E-state index contributed by atoms with van der Waals surface area (Å²) in [5.41, 5.74) is -0.284. The second-order valence-electron chi connectivity index (χ2n) is 8.37. The molecule has 1 rings (SSSR count). The first-order valence-corrected chi connectivity index (χ1v) is 8.21. The first kappa shape index (κ1) is 17.5. The summed E-state index contributed by atoms with van der Waals surface area (Å²) in [6.07, 6.45) is 4.93. The minimum Gasteiger partial charge on any atom is -0.459 e. The van der Waals surface area contributed by atoms with E-state index in [-0.39, 0.29) is 27.8 Å². The van der Waals surface area contributed by atoms with Gasteiger partial charge in [-0.15, -0.1) is 0 Å². The molecule has 0 heterocycles. The normalized spacial score (nSPS) is 30.2. The van der Waals surface area contributed by atoms with E-state index in [1.807, 2.05) is 13.8 Å². The van der Waals surface area contributed by atoms with E-state index in [2.05, 4.69) is 41.5 Å². The first-order valence-electron chi connectivity index (χ1n) is 8.21. The number of rotatable bonds is 7. The highest BCUT2D eigenvalue weighted by Crippen LogP contribution is 2.70. The van der Waals surface area contributed by atoms with Crippen molar-refractivity contribution in [3.05, 3.63) is 0 Å². The van der Waals surface area contributed by atoms with Gasteiger partial charge in [0.05, 0.1) is 5.41 Å². The van der Waals surface area contributed by atoms with Crippen molar-refractivity contribution in [2.24, 2.45) is 16.2 Å². The van der Waals surface area contributed by atoms with E-state index in [0.717, 1.165) is 32.1 Å². The molecule has 0 N–H and O–H groups in total. The van der Waals surface area contributed by atoms with Crippen LogP contribution in [0.2, 0.25) is 0 Å². The van der Waals surface area contributed by atoms with Gasteiger partial charge in [0.25, 0.3) is 0 Å². The number of carbonyl (C=O) groups excluding carboxylic acids is 1. The third-order valence-electron chi connectivity index (χ3n) is 5.85. The molecule has 0 bridgehead atoms. The Morgan fingerprint density at radius 2 is 1.65 bits per heavy atom. The van der Waals surface area contributed by atoms with Gasteiger partial charge in [-0.2, -0.15) is 0 Å². The van der Waals surface area contributed by atoms with Crippen LogP contribution in [0.4, 0.5) is 0 Å². The molecule has 0 aromatic heterocycles. The van der Waals surface area contributed by atoms with Crippen LogP contribution >= 0.6 is 0 Å². The predicted octanol–water partition coefficient (Wildman–Crippen LogP) is 5.35. The van der Waals surface area contributed by atoms with Gasteiger partial charge in [0.2, 0.25) is 0 Å². The molecule has 0 aromatic carbocycles. The molecule has 0 spiro atoms. The predicted molar refractivity (Wildman–Crippen MR) is 84.6 cm³/mol. The van der Waals surface area contributed by atoms with Gasteiger partial charge in [-0.25, -0.2) is 0 Å². The lowest BCUT2D eigenvalue weighted by molar-refractivity contribution is -0.167. The van der Waals surface area contributed by atoms with E-state index in [1.54, 1.807) is 0 Å². The van der Waals surface area contributed by atoms with E-state index >= 15 is 0 Å². The van der Waals surface area contributed by atoms with Crippen LogP contribution in [-0.4, -0.2) is 11.6 Å². The van der Waals surface area contributed by atoms with Crippen molar-refractivity contribution in [2.75, 3.05) is 0 Å². The van der Waals surface area contributed by atoms with Crippen LogP contribution in [0.3, 0.4) is 0 Å². The molecular weight excluding hydrogens is 248 g/mol. The SMILES string of the molecule is CCC(C)(C)CC1(C(=O)OC(C)(C)CC)CC1(C)CC. The van der Waals surface area contributed by atoms with E-state index in [4.69, 9.17) is 4.74 Å². The second kappa shape index (κ2) is 5.35. The molecule has 2 heteroatoms. The molecule has 2 unspecified atom stereocenters. The zero-order valence-corrected chi connectivity index (χ0v) is 14.9. The highest BCUT2D eigenvalue weighted by Gasteiger charge is 2.69. The van der Waals surface area contributed by atoms with Gasteiger partial charge < -0.3 is 4.74 Å². The van der Waals surface area contributed by atoms with Gasteiger partial charge in [-0.1, -0.05) is 48.0 Å². The Bertz CT molecular complexity index is 370. The molecule has 0 radical (unpaired) electrons. The van der Waals surface area contributed by atoms with Crippen molar-refractivity contribution in [1.29, 1.82) is 0 Å². The smallest absolute Gasteiger partial charge is 0.313 e. The molecule has 0 saturated heterocycles. The number of carbonyl (C=O) groups is 1. The Morgan fingerprint density at radius 1 is 1.10 bits per heavy atom. The Kier molecular flexibility index (Phi) is 4.68. The first-order chi connectivity index (χ1) is 8.97. The fourth-order valence-corrected chi connectivity index (χ4v) is 3.11. The van der Waals surface area contributed by atoms with Crippen LogP contribution < -0.4 is 0 Å². The standard InChI is InChI=1S/C18H34O2/c1-9-15(4,5)12-18(13-17(18,8)11-3)14(19)20-16(6,7)10-2/h9-13H2,1-8H3. The summed E-state index contributed by atoms with van der Waals surface area (Å²) >= 11 is 0. The second-order valence-corrected chi connectivity index (χ2v) is 8.37. The number of hydrogen-bond donors (Lipinski definition) is 0. The molecule has 1 aliphatic carbocycles. The average molecular weight is 282 g/mol. The third-order valence-corrected chi connectivity index (χ3v) is 5.85. The minimum absolute atomic E-state index is 0.0372. The summed E-state index contributed by atoms with van der Waals surface area (Å²) in [7, 11) is 0. The minimum atomic E-state index is -0.350. The molecule has 0 aliphatic heterocycles. The molecular formula is C18H34O2. The summed E-state index contributed by atoms with van der Waals surface area (Å²) < 4.78 is 5.86. The van der Waals surface area contributed by atoms with Gasteiger partial charge in [0.1, 0.15) is 5.60 Å². The van der Waals surface area contributed by atoms with Crippen LogP contribution in [0.25, 0.3) is 0 Å². The van der Waals surface area contributed by atoms with Crippen molar-refractivity contribution in [3.63, 3.8) is 0 Å². The number of esters is 1. The largest absolute Gasteiger partial charge is 0.459 e. The summed E-state index contributed by atoms with van der Waals surface area (Å²) in [5.74, 6) is 0.0372. The van der Waals surface area contributed by atoms with E-state index in [0.29, 0.717) is 0 Å². The molecule has 0 aromatic rings. The topological polar surface area (TPSA) is 26.3 Å². The fraction of sp³-hybridized carbons (Fsp3) is 0.944. The summed E-state index contributed by atoms with van der Waals surface area (Å²) in [6, 6.07) is 0. The average Bonchev–Trinajstić information content (AvgIpc) is 2.95. The maximum absolute atomic E-state index is 12.8. The maximum atomic E-state index is 12.8. The molecule has 2 nitrogen and oxygen atoms in total. The van der Waals surface area contributed by atoms with Gasteiger partial charge in [0, 0.05) is 0 Å². The molecule has 118 valence electrons.